The van der Waals surface area contributed by atoms with Gasteiger partial charge in [-0.25, -0.2) is 18.7 Å². The Kier molecular flexibility index (Phi) is 5.45. The van der Waals surface area contributed by atoms with Crippen molar-refractivity contribution in [3.05, 3.63) is 40.7 Å². The Bertz CT molecular complexity index is 1660. The van der Waals surface area contributed by atoms with Gasteiger partial charge in [0.15, 0.2) is 11.6 Å². The minimum absolute atomic E-state index is 0.0901. The second-order valence-corrected chi connectivity index (χ2v) is 10.9. The lowest BCUT2D eigenvalue weighted by atomic mass is 9.94. The molecule has 0 aliphatic carbocycles. The van der Waals surface area contributed by atoms with Crippen LogP contribution in [0.2, 0.25) is 0 Å². The summed E-state index contributed by atoms with van der Waals surface area (Å²) in [6, 6.07) is 2.41. The highest BCUT2D eigenvalue weighted by Crippen LogP contribution is 2.45. The molecule has 1 atom stereocenters. The molecule has 3 aliphatic rings. The number of nitrogens with zero attached hydrogens (tertiary/aromatic N) is 6. The van der Waals surface area contributed by atoms with Gasteiger partial charge < -0.3 is 20.1 Å². The number of fused-ring (bicyclic) bond motifs is 4. The Hall–Kier alpha value is -3.50. The topological polar surface area (TPSA) is 113 Å². The molecule has 7 rings (SSSR count). The van der Waals surface area contributed by atoms with Gasteiger partial charge in [0, 0.05) is 61.9 Å². The Morgan fingerprint density at radius 2 is 2.00 bits per heavy atom. The molecule has 4 aromatic rings. The number of benzene rings is 1. The highest BCUT2D eigenvalue weighted by Gasteiger charge is 2.37. The molecule has 1 aromatic carbocycles. The summed E-state index contributed by atoms with van der Waals surface area (Å²) in [7, 11) is 1.73. The van der Waals surface area contributed by atoms with Gasteiger partial charge in [-0.15, -0.1) is 11.3 Å². The van der Waals surface area contributed by atoms with E-state index >= 15 is 4.39 Å². The summed E-state index contributed by atoms with van der Waals surface area (Å²) in [5, 5.41) is 10.7. The number of anilines is 2. The van der Waals surface area contributed by atoms with Crippen molar-refractivity contribution in [3.63, 3.8) is 0 Å². The van der Waals surface area contributed by atoms with Gasteiger partial charge in [-0.3, -0.25) is 9.88 Å². The van der Waals surface area contributed by atoms with Gasteiger partial charge in [0.25, 0.3) is 0 Å². The highest BCUT2D eigenvalue weighted by molar-refractivity contribution is 7.23. The molecule has 0 bridgehead atoms. The number of nitriles is 1. The maximum atomic E-state index is 16.5. The van der Waals surface area contributed by atoms with E-state index in [2.05, 4.69) is 24.8 Å². The molecule has 2 fully saturated rings. The zero-order valence-corrected chi connectivity index (χ0v) is 21.3. The van der Waals surface area contributed by atoms with Crippen LogP contribution < -0.4 is 10.6 Å². The first-order chi connectivity index (χ1) is 18.5. The SMILES string of the molecule is COC1CN(C2CCN(c3ncc4c5c(c(-c6ncc(F)c7sc(N)c(C#N)c67)c(F)c4n3)COC5)C2)C1. The molecular formula is C26H23F2N7O2S. The van der Waals surface area contributed by atoms with Crippen molar-refractivity contribution in [3.8, 4) is 17.3 Å². The van der Waals surface area contributed by atoms with E-state index in [0.29, 0.717) is 22.9 Å². The minimum atomic E-state index is -0.608. The predicted octanol–water partition coefficient (Wildman–Crippen LogP) is 3.58. The van der Waals surface area contributed by atoms with Crippen molar-refractivity contribution in [2.45, 2.75) is 31.8 Å². The maximum absolute atomic E-state index is 16.5. The van der Waals surface area contributed by atoms with Crippen LogP contribution in [0.3, 0.4) is 0 Å². The molecule has 0 amide bonds. The molecule has 2 saturated heterocycles. The summed E-state index contributed by atoms with van der Waals surface area (Å²) in [6.07, 6.45) is 3.95. The monoisotopic (exact) mass is 535 g/mol. The first-order valence-corrected chi connectivity index (χ1v) is 13.2. The number of rotatable bonds is 4. The third kappa shape index (κ3) is 3.39. The quantitative estimate of drug-likeness (QED) is 0.419. The fourth-order valence-electron chi connectivity index (χ4n) is 5.83. The zero-order valence-electron chi connectivity index (χ0n) is 20.5. The van der Waals surface area contributed by atoms with E-state index in [1.165, 1.54) is 0 Å². The first-order valence-electron chi connectivity index (χ1n) is 12.3. The second-order valence-electron chi connectivity index (χ2n) is 9.88. The van der Waals surface area contributed by atoms with E-state index in [1.54, 1.807) is 13.3 Å². The van der Waals surface area contributed by atoms with E-state index in [9.17, 15) is 9.65 Å². The van der Waals surface area contributed by atoms with Crippen LogP contribution in [0.1, 0.15) is 23.1 Å². The van der Waals surface area contributed by atoms with Gasteiger partial charge in [-0.05, 0) is 17.5 Å². The summed E-state index contributed by atoms with van der Waals surface area (Å²) in [4.78, 5) is 18.0. The standard InChI is InChI=1S/C26H23F2N7O2S/c1-36-13-8-35(9-13)12-2-3-34(7-12)26-32-5-15-16-10-37-11-17(16)19(21(28)22(15)33-26)23-20-14(4-29)25(30)38-24(20)18(27)6-31-23/h5-6,12-13H,2-3,7-11,30H2,1H3. The summed E-state index contributed by atoms with van der Waals surface area (Å²) in [6.45, 7) is 3.78. The van der Waals surface area contributed by atoms with E-state index in [4.69, 9.17) is 15.2 Å². The molecule has 0 radical (unpaired) electrons. The third-order valence-electron chi connectivity index (χ3n) is 7.90. The Morgan fingerprint density at radius 1 is 1.18 bits per heavy atom. The summed E-state index contributed by atoms with van der Waals surface area (Å²) < 4.78 is 42.4. The fraction of sp³-hybridized carbons (Fsp3) is 0.385. The number of thiophene rings is 1. The number of nitrogens with two attached hydrogens (primary N) is 1. The van der Waals surface area contributed by atoms with E-state index in [0.717, 1.165) is 55.7 Å². The van der Waals surface area contributed by atoms with Gasteiger partial charge in [0.2, 0.25) is 5.95 Å². The van der Waals surface area contributed by atoms with Crippen LogP contribution in [0.25, 0.3) is 32.2 Å². The molecule has 2 N–H and O–H groups in total. The molecule has 6 heterocycles. The molecule has 0 saturated carbocycles. The van der Waals surface area contributed by atoms with Gasteiger partial charge in [0.05, 0.1) is 41.5 Å². The average molecular weight is 536 g/mol. The van der Waals surface area contributed by atoms with E-state index in [1.807, 2.05) is 6.07 Å². The van der Waals surface area contributed by atoms with Crippen molar-refractivity contribution in [1.29, 1.82) is 5.26 Å². The largest absolute Gasteiger partial charge is 0.389 e. The van der Waals surface area contributed by atoms with Crippen molar-refractivity contribution in [2.75, 3.05) is 43.9 Å². The number of aromatic nitrogens is 3. The average Bonchev–Trinajstić information content (AvgIpc) is 3.63. The number of likely N-dealkylation sites (tertiary alicyclic amines) is 1. The fourth-order valence-corrected chi connectivity index (χ4v) is 6.75. The Balaban J connectivity index is 1.35. The summed E-state index contributed by atoms with van der Waals surface area (Å²) in [5.74, 6) is -0.742. The third-order valence-corrected chi connectivity index (χ3v) is 8.93. The molecule has 0 spiro atoms. The van der Waals surface area contributed by atoms with E-state index < -0.39 is 11.6 Å². The molecule has 194 valence electrons. The van der Waals surface area contributed by atoms with Crippen LogP contribution in [0.5, 0.6) is 0 Å². The van der Waals surface area contributed by atoms with Gasteiger partial charge in [0.1, 0.15) is 16.6 Å². The van der Waals surface area contributed by atoms with E-state index in [-0.39, 0.29) is 56.7 Å². The van der Waals surface area contributed by atoms with Crippen molar-refractivity contribution >= 4 is 43.3 Å². The number of ether oxygens (including phenoxy) is 2. The van der Waals surface area contributed by atoms with Gasteiger partial charge in [-0.2, -0.15) is 5.26 Å². The van der Waals surface area contributed by atoms with Crippen molar-refractivity contribution in [2.24, 2.45) is 0 Å². The molecule has 9 nitrogen and oxygen atoms in total. The number of pyridine rings is 1. The van der Waals surface area contributed by atoms with Crippen LogP contribution >= 0.6 is 11.3 Å². The minimum Gasteiger partial charge on any atom is -0.389 e. The maximum Gasteiger partial charge on any atom is 0.226 e. The Morgan fingerprint density at radius 3 is 2.79 bits per heavy atom. The second kappa shape index (κ2) is 8.78. The smallest absolute Gasteiger partial charge is 0.226 e. The molecule has 1 unspecified atom stereocenters. The molecule has 3 aliphatic heterocycles. The van der Waals surface area contributed by atoms with Crippen molar-refractivity contribution < 1.29 is 18.3 Å². The summed E-state index contributed by atoms with van der Waals surface area (Å²) in [5.41, 5.74) is 7.97. The lowest BCUT2D eigenvalue weighted by molar-refractivity contribution is -0.0464. The first kappa shape index (κ1) is 23.6. The Labute approximate surface area is 220 Å². The normalized spacial score (nSPS) is 19.8. The number of halogens is 2. The number of methoxy groups -OCH3 is 1. The van der Waals surface area contributed by atoms with Gasteiger partial charge in [-0.1, -0.05) is 0 Å². The lowest BCUT2D eigenvalue weighted by Gasteiger charge is -2.42. The van der Waals surface area contributed by atoms with Crippen molar-refractivity contribution in [1.82, 2.24) is 19.9 Å². The van der Waals surface area contributed by atoms with Crippen LogP contribution in [-0.2, 0) is 22.7 Å². The van der Waals surface area contributed by atoms with Gasteiger partial charge >= 0.3 is 0 Å². The number of hydrogen-bond donors (Lipinski definition) is 1. The zero-order chi connectivity index (χ0) is 26.1. The highest BCUT2D eigenvalue weighted by atomic mass is 32.1. The van der Waals surface area contributed by atoms with Crippen LogP contribution in [0.15, 0.2) is 12.4 Å². The van der Waals surface area contributed by atoms with Crippen LogP contribution in [0.4, 0.5) is 19.7 Å². The summed E-state index contributed by atoms with van der Waals surface area (Å²) >= 11 is 0.954. The molecular weight excluding hydrogens is 512 g/mol. The molecule has 3 aromatic heterocycles. The predicted molar refractivity (Wildman–Crippen MR) is 139 cm³/mol. The lowest BCUT2D eigenvalue weighted by Crippen LogP contribution is -2.56. The number of nitrogen functional groups attached to an aromatic ring is 1. The number of hydrogen-bond acceptors (Lipinski definition) is 10. The van der Waals surface area contributed by atoms with Crippen LogP contribution in [-0.4, -0.2) is 65.3 Å². The molecule has 12 heteroatoms. The molecule has 38 heavy (non-hydrogen) atoms. The van der Waals surface area contributed by atoms with Crippen LogP contribution in [0, 0.1) is 23.0 Å².